The number of nitrogens with one attached hydrogen (secondary N) is 1. The van der Waals surface area contributed by atoms with Crippen molar-refractivity contribution in [2.24, 2.45) is 5.92 Å². The summed E-state index contributed by atoms with van der Waals surface area (Å²) < 4.78 is 19.0. The van der Waals surface area contributed by atoms with Gasteiger partial charge in [-0.25, -0.2) is 14.4 Å². The van der Waals surface area contributed by atoms with E-state index in [1.54, 1.807) is 23.6 Å². The van der Waals surface area contributed by atoms with Gasteiger partial charge in [0, 0.05) is 17.6 Å². The van der Waals surface area contributed by atoms with Gasteiger partial charge in [0.2, 0.25) is 0 Å². The molecular formula is C25H24ClFN4O2S. The van der Waals surface area contributed by atoms with E-state index >= 15 is 0 Å². The molecule has 1 fully saturated rings. The van der Waals surface area contributed by atoms with Gasteiger partial charge in [-0.2, -0.15) is 0 Å². The number of thiazole rings is 1. The summed E-state index contributed by atoms with van der Waals surface area (Å²) in [6.07, 6.45) is 10.4. The lowest BCUT2D eigenvalue weighted by Gasteiger charge is -2.20. The molecule has 3 aromatic heterocycles. The molecule has 0 radical (unpaired) electrons. The molecule has 3 heterocycles. The Labute approximate surface area is 205 Å². The first-order chi connectivity index (χ1) is 16.6. The van der Waals surface area contributed by atoms with E-state index < -0.39 is 5.82 Å². The van der Waals surface area contributed by atoms with Gasteiger partial charge in [0.25, 0.3) is 5.56 Å². The third-order valence-electron chi connectivity index (χ3n) is 6.23. The number of fused-ring (bicyclic) bond motifs is 1. The summed E-state index contributed by atoms with van der Waals surface area (Å²) in [7, 11) is 0. The Morgan fingerprint density at radius 3 is 2.85 bits per heavy atom. The van der Waals surface area contributed by atoms with Crippen molar-refractivity contribution in [1.29, 1.82) is 0 Å². The molecule has 0 spiro atoms. The van der Waals surface area contributed by atoms with E-state index in [9.17, 15) is 9.18 Å². The van der Waals surface area contributed by atoms with E-state index in [4.69, 9.17) is 21.3 Å². The van der Waals surface area contributed by atoms with Crippen molar-refractivity contribution in [3.8, 4) is 17.1 Å². The van der Waals surface area contributed by atoms with Gasteiger partial charge < -0.3 is 9.72 Å². The van der Waals surface area contributed by atoms with Crippen LogP contribution in [0.3, 0.4) is 0 Å². The number of H-pyrrole nitrogens is 1. The van der Waals surface area contributed by atoms with Crippen LogP contribution >= 0.6 is 22.9 Å². The molecule has 1 saturated carbocycles. The van der Waals surface area contributed by atoms with Crippen molar-refractivity contribution in [2.45, 2.75) is 51.6 Å². The van der Waals surface area contributed by atoms with Crippen molar-refractivity contribution in [1.82, 2.24) is 19.9 Å². The van der Waals surface area contributed by atoms with Crippen LogP contribution < -0.4 is 10.3 Å². The monoisotopic (exact) mass is 498 g/mol. The molecule has 1 aromatic carbocycles. The van der Waals surface area contributed by atoms with Crippen LogP contribution in [0.2, 0.25) is 5.02 Å². The predicted octanol–water partition coefficient (Wildman–Crippen LogP) is 6.33. The number of halogens is 2. The van der Waals surface area contributed by atoms with Gasteiger partial charge in [0.05, 0.1) is 15.4 Å². The molecule has 4 aromatic rings. The largest absolute Gasteiger partial charge is 0.486 e. The minimum Gasteiger partial charge on any atom is -0.486 e. The standard InChI is InChI=1S/C25H24ClFN4O2S/c26-18-12-16(7-8-19(18)27)33-13-21-30-23-17(25(32)31-21)10-11-28-24(23)20-14-34-22(29-20)9-6-15-4-2-1-3-5-15/h7-8,10-12,14-15H,1-6,9,13H2,(H,30,31,32). The van der Waals surface area contributed by atoms with Crippen molar-refractivity contribution in [3.63, 3.8) is 0 Å². The fourth-order valence-corrected chi connectivity index (χ4v) is 5.39. The lowest BCUT2D eigenvalue weighted by molar-refractivity contribution is 0.295. The molecular weight excluding hydrogens is 475 g/mol. The quantitative estimate of drug-likeness (QED) is 0.322. The number of ether oxygens (including phenoxy) is 1. The Balaban J connectivity index is 1.37. The van der Waals surface area contributed by atoms with Crippen LogP contribution in [0.15, 0.2) is 40.6 Å². The number of hydrogen-bond acceptors (Lipinski definition) is 6. The SMILES string of the molecule is O=c1[nH]c(COc2ccc(F)c(Cl)c2)nc2c(-c3csc(CCC4CCCCC4)n3)nccc12. The topological polar surface area (TPSA) is 80.8 Å². The zero-order valence-corrected chi connectivity index (χ0v) is 20.1. The van der Waals surface area contributed by atoms with Crippen LogP contribution in [0.25, 0.3) is 22.3 Å². The van der Waals surface area contributed by atoms with Crippen LogP contribution in [0, 0.1) is 11.7 Å². The smallest absolute Gasteiger partial charge is 0.258 e. The maximum atomic E-state index is 13.4. The highest BCUT2D eigenvalue weighted by Crippen LogP contribution is 2.30. The molecule has 0 unspecified atom stereocenters. The zero-order valence-electron chi connectivity index (χ0n) is 18.5. The summed E-state index contributed by atoms with van der Waals surface area (Å²) in [5.74, 6) is 0.988. The molecule has 9 heteroatoms. The van der Waals surface area contributed by atoms with Gasteiger partial charge in [-0.1, -0.05) is 43.7 Å². The maximum Gasteiger partial charge on any atom is 0.258 e. The Hall–Kier alpha value is -2.84. The van der Waals surface area contributed by atoms with Gasteiger partial charge in [-0.05, 0) is 37.0 Å². The number of hydrogen-bond donors (Lipinski definition) is 1. The molecule has 0 saturated heterocycles. The van der Waals surface area contributed by atoms with Crippen LogP contribution in [0.4, 0.5) is 4.39 Å². The summed E-state index contributed by atoms with van der Waals surface area (Å²) in [4.78, 5) is 29.4. The first kappa shape index (κ1) is 22.9. The first-order valence-electron chi connectivity index (χ1n) is 11.5. The predicted molar refractivity (Wildman–Crippen MR) is 132 cm³/mol. The van der Waals surface area contributed by atoms with Crippen LogP contribution in [0.5, 0.6) is 5.75 Å². The zero-order chi connectivity index (χ0) is 23.5. The molecule has 1 N–H and O–H groups in total. The van der Waals surface area contributed by atoms with E-state index in [0.717, 1.165) is 23.0 Å². The van der Waals surface area contributed by atoms with Gasteiger partial charge in [0.15, 0.2) is 0 Å². The van der Waals surface area contributed by atoms with Crippen LogP contribution in [-0.2, 0) is 13.0 Å². The van der Waals surface area contributed by atoms with Crippen molar-refractivity contribution < 1.29 is 9.13 Å². The first-order valence-corrected chi connectivity index (χ1v) is 12.7. The molecule has 1 aliphatic rings. The highest BCUT2D eigenvalue weighted by Gasteiger charge is 2.17. The van der Waals surface area contributed by atoms with Crippen molar-refractivity contribution >= 4 is 33.8 Å². The van der Waals surface area contributed by atoms with Gasteiger partial charge >= 0.3 is 0 Å². The Morgan fingerprint density at radius 1 is 1.18 bits per heavy atom. The second-order valence-corrected chi connectivity index (χ2v) is 9.95. The van der Waals surface area contributed by atoms with Crippen molar-refractivity contribution in [3.05, 3.63) is 67.9 Å². The fraction of sp³-hybridized carbons (Fsp3) is 0.360. The second kappa shape index (κ2) is 10.2. The molecule has 0 atom stereocenters. The molecule has 176 valence electrons. The van der Waals surface area contributed by atoms with E-state index in [1.165, 1.54) is 56.7 Å². The summed E-state index contributed by atoms with van der Waals surface area (Å²) in [5.41, 5.74) is 1.50. The second-order valence-electron chi connectivity index (χ2n) is 8.60. The highest BCUT2D eigenvalue weighted by atomic mass is 35.5. The molecule has 0 aliphatic heterocycles. The molecule has 0 bridgehead atoms. The summed E-state index contributed by atoms with van der Waals surface area (Å²) in [5, 5.41) is 3.47. The van der Waals surface area contributed by atoms with Crippen LogP contribution in [-0.4, -0.2) is 19.9 Å². The molecule has 34 heavy (non-hydrogen) atoms. The third-order valence-corrected chi connectivity index (χ3v) is 7.42. The average molecular weight is 499 g/mol. The van der Waals surface area contributed by atoms with Gasteiger partial charge in [-0.3, -0.25) is 9.78 Å². The van der Waals surface area contributed by atoms with Gasteiger partial charge in [-0.15, -0.1) is 11.3 Å². The summed E-state index contributed by atoms with van der Waals surface area (Å²) in [6.45, 7) is -0.00875. The number of aromatic nitrogens is 4. The Kier molecular flexibility index (Phi) is 6.87. The highest BCUT2D eigenvalue weighted by molar-refractivity contribution is 7.09. The van der Waals surface area contributed by atoms with Crippen molar-refractivity contribution in [2.75, 3.05) is 0 Å². The average Bonchev–Trinajstić information content (AvgIpc) is 3.33. The third kappa shape index (κ3) is 5.13. The van der Waals surface area contributed by atoms with E-state index in [0.29, 0.717) is 28.2 Å². The maximum absolute atomic E-state index is 13.4. The lowest BCUT2D eigenvalue weighted by Crippen LogP contribution is -2.14. The fourth-order valence-electron chi connectivity index (χ4n) is 4.42. The summed E-state index contributed by atoms with van der Waals surface area (Å²) >= 11 is 7.44. The summed E-state index contributed by atoms with van der Waals surface area (Å²) in [6, 6.07) is 5.72. The molecule has 5 rings (SSSR count). The number of pyridine rings is 1. The number of nitrogens with zero attached hydrogens (tertiary/aromatic N) is 3. The van der Waals surface area contributed by atoms with E-state index in [-0.39, 0.29) is 17.2 Å². The van der Waals surface area contributed by atoms with E-state index in [1.807, 2.05) is 5.38 Å². The normalized spacial score (nSPS) is 14.5. The lowest BCUT2D eigenvalue weighted by atomic mass is 9.86. The molecule has 6 nitrogen and oxygen atoms in total. The van der Waals surface area contributed by atoms with Crippen LogP contribution in [0.1, 0.15) is 49.4 Å². The number of rotatable bonds is 7. The number of benzene rings is 1. The van der Waals surface area contributed by atoms with E-state index in [2.05, 4.69) is 15.0 Å². The Morgan fingerprint density at radius 2 is 2.03 bits per heavy atom. The Bertz CT molecular complexity index is 1370. The molecule has 0 amide bonds. The minimum atomic E-state index is -0.525. The minimum absolute atomic E-state index is 0.00875. The number of aromatic amines is 1. The van der Waals surface area contributed by atoms with Gasteiger partial charge in [0.1, 0.15) is 40.9 Å². The molecule has 1 aliphatic carbocycles. The number of aryl methyl sites for hydroxylation is 1.